The molecule has 1 N–H and O–H groups in total. The van der Waals surface area contributed by atoms with Crippen molar-refractivity contribution in [1.29, 1.82) is 0 Å². The number of anilines is 1. The minimum absolute atomic E-state index is 0.0355. The van der Waals surface area contributed by atoms with Gasteiger partial charge in [-0.3, -0.25) is 4.79 Å². The third-order valence-corrected chi connectivity index (χ3v) is 5.12. The lowest BCUT2D eigenvalue weighted by atomic mass is 10.1. The van der Waals surface area contributed by atoms with Gasteiger partial charge in [-0.05, 0) is 42.5 Å². The Morgan fingerprint density at radius 3 is 3.00 bits per heavy atom. The fraction of sp³-hybridized carbons (Fsp3) is 0.235. The summed E-state index contributed by atoms with van der Waals surface area (Å²) in [6.07, 6.45) is 0. The molecule has 0 aliphatic rings. The molecule has 3 aromatic rings. The summed E-state index contributed by atoms with van der Waals surface area (Å²) in [5, 5.41) is 8.87. The van der Waals surface area contributed by atoms with Gasteiger partial charge < -0.3 is 9.84 Å². The number of hydrogen-bond acceptors (Lipinski definition) is 6. The van der Waals surface area contributed by atoms with Crippen LogP contribution in [-0.4, -0.2) is 21.8 Å². The Labute approximate surface area is 148 Å². The number of aryl methyl sites for hydroxylation is 2. The Morgan fingerprint density at radius 1 is 1.33 bits per heavy atom. The van der Waals surface area contributed by atoms with Crippen molar-refractivity contribution in [2.75, 3.05) is 11.1 Å². The molecule has 0 saturated carbocycles. The number of nitrogens with zero attached hydrogens (tertiary/aromatic N) is 2. The highest BCUT2D eigenvalue weighted by Crippen LogP contribution is 2.22. The van der Waals surface area contributed by atoms with Crippen molar-refractivity contribution >= 4 is 34.7 Å². The van der Waals surface area contributed by atoms with Crippen molar-refractivity contribution < 1.29 is 9.32 Å². The summed E-state index contributed by atoms with van der Waals surface area (Å²) in [5.41, 5.74) is 3.03. The van der Waals surface area contributed by atoms with Crippen molar-refractivity contribution in [2.24, 2.45) is 0 Å². The number of aromatic nitrogens is 2. The molecule has 7 heteroatoms. The van der Waals surface area contributed by atoms with Gasteiger partial charge in [-0.2, -0.15) is 4.98 Å². The second kappa shape index (κ2) is 7.63. The number of thioether (sulfide) groups is 1. The summed E-state index contributed by atoms with van der Waals surface area (Å²) in [6, 6.07) is 9.90. The van der Waals surface area contributed by atoms with E-state index in [1.807, 2.05) is 49.6 Å². The van der Waals surface area contributed by atoms with E-state index >= 15 is 0 Å². The van der Waals surface area contributed by atoms with Crippen LogP contribution in [0.3, 0.4) is 0 Å². The van der Waals surface area contributed by atoms with E-state index in [1.54, 1.807) is 11.3 Å². The SMILES string of the molecule is Cc1ccc(C)c(NC(=O)CSCc2nc(-c3cccs3)no2)c1. The predicted molar refractivity (Wildman–Crippen MR) is 98.3 cm³/mol. The first-order chi connectivity index (χ1) is 11.6. The van der Waals surface area contributed by atoms with Crippen LogP contribution in [0.4, 0.5) is 5.69 Å². The molecule has 0 spiro atoms. The van der Waals surface area contributed by atoms with Crippen LogP contribution in [-0.2, 0) is 10.5 Å². The molecule has 2 heterocycles. The lowest BCUT2D eigenvalue weighted by molar-refractivity contribution is -0.113. The Morgan fingerprint density at radius 2 is 2.21 bits per heavy atom. The van der Waals surface area contributed by atoms with Crippen molar-refractivity contribution in [3.63, 3.8) is 0 Å². The van der Waals surface area contributed by atoms with Crippen LogP contribution in [0.2, 0.25) is 0 Å². The molecule has 0 saturated heterocycles. The number of amides is 1. The molecule has 5 nitrogen and oxygen atoms in total. The fourth-order valence-electron chi connectivity index (χ4n) is 2.11. The van der Waals surface area contributed by atoms with Gasteiger partial charge in [0.25, 0.3) is 0 Å². The van der Waals surface area contributed by atoms with Crippen LogP contribution in [0, 0.1) is 13.8 Å². The summed E-state index contributed by atoms with van der Waals surface area (Å²) >= 11 is 3.02. The van der Waals surface area contributed by atoms with Gasteiger partial charge in [-0.15, -0.1) is 23.1 Å². The number of thiophene rings is 1. The van der Waals surface area contributed by atoms with E-state index in [0.717, 1.165) is 21.7 Å². The van der Waals surface area contributed by atoms with Crippen molar-refractivity contribution in [2.45, 2.75) is 19.6 Å². The molecule has 0 radical (unpaired) electrons. The number of nitrogens with one attached hydrogen (secondary N) is 1. The minimum Gasteiger partial charge on any atom is -0.338 e. The summed E-state index contributed by atoms with van der Waals surface area (Å²) in [7, 11) is 0. The van der Waals surface area contributed by atoms with E-state index in [4.69, 9.17) is 4.52 Å². The van der Waals surface area contributed by atoms with Gasteiger partial charge in [0.05, 0.1) is 16.4 Å². The van der Waals surface area contributed by atoms with Crippen molar-refractivity contribution in [1.82, 2.24) is 10.1 Å². The van der Waals surface area contributed by atoms with Gasteiger partial charge in [0.15, 0.2) is 0 Å². The Balaban J connectivity index is 1.49. The Kier molecular flexibility index (Phi) is 5.32. The van der Waals surface area contributed by atoms with Gasteiger partial charge in [-0.25, -0.2) is 0 Å². The smallest absolute Gasteiger partial charge is 0.236 e. The summed E-state index contributed by atoms with van der Waals surface area (Å²) in [6.45, 7) is 3.98. The summed E-state index contributed by atoms with van der Waals surface area (Å²) < 4.78 is 5.22. The minimum atomic E-state index is -0.0355. The number of carbonyl (C=O) groups is 1. The molecule has 0 aliphatic heterocycles. The molecule has 2 aromatic heterocycles. The average molecular weight is 359 g/mol. The molecule has 1 amide bonds. The molecule has 0 bridgehead atoms. The first-order valence-electron chi connectivity index (χ1n) is 7.43. The van der Waals surface area contributed by atoms with Crippen LogP contribution in [0.25, 0.3) is 10.7 Å². The van der Waals surface area contributed by atoms with Crippen LogP contribution in [0.15, 0.2) is 40.2 Å². The first kappa shape index (κ1) is 16.7. The second-order valence-electron chi connectivity index (χ2n) is 5.35. The van der Waals surface area contributed by atoms with Crippen LogP contribution in [0.1, 0.15) is 17.0 Å². The third-order valence-electron chi connectivity index (χ3n) is 3.34. The molecule has 0 atom stereocenters. The van der Waals surface area contributed by atoms with Crippen molar-refractivity contribution in [3.8, 4) is 10.7 Å². The van der Waals surface area contributed by atoms with Crippen LogP contribution < -0.4 is 5.32 Å². The highest BCUT2D eigenvalue weighted by Gasteiger charge is 2.11. The monoisotopic (exact) mass is 359 g/mol. The average Bonchev–Trinajstić information content (AvgIpc) is 3.22. The zero-order valence-corrected chi connectivity index (χ0v) is 15.0. The van der Waals surface area contributed by atoms with Gasteiger partial charge in [0.1, 0.15) is 0 Å². The largest absolute Gasteiger partial charge is 0.338 e. The zero-order valence-electron chi connectivity index (χ0n) is 13.4. The molecule has 3 rings (SSSR count). The highest BCUT2D eigenvalue weighted by atomic mass is 32.2. The number of rotatable bonds is 6. The van der Waals surface area contributed by atoms with Crippen molar-refractivity contribution in [3.05, 3.63) is 52.7 Å². The molecule has 0 aliphatic carbocycles. The van der Waals surface area contributed by atoms with Gasteiger partial charge in [0.2, 0.25) is 17.6 Å². The van der Waals surface area contributed by atoms with E-state index in [1.165, 1.54) is 11.8 Å². The second-order valence-corrected chi connectivity index (χ2v) is 7.28. The van der Waals surface area contributed by atoms with Gasteiger partial charge in [-0.1, -0.05) is 23.4 Å². The zero-order chi connectivity index (χ0) is 16.9. The number of carbonyl (C=O) groups excluding carboxylic acids is 1. The quantitative estimate of drug-likeness (QED) is 0.711. The standard InChI is InChI=1S/C17H17N3O2S2/c1-11-5-6-12(2)13(8-11)18-15(21)9-23-10-16-19-17(20-22-16)14-4-3-7-24-14/h3-8H,9-10H2,1-2H3,(H,18,21). The maximum atomic E-state index is 12.1. The van der Waals surface area contributed by atoms with E-state index in [2.05, 4.69) is 15.5 Å². The van der Waals surface area contributed by atoms with E-state index in [-0.39, 0.29) is 5.91 Å². The molecule has 0 fully saturated rings. The number of benzene rings is 1. The molecular weight excluding hydrogens is 342 g/mol. The molecule has 24 heavy (non-hydrogen) atoms. The Bertz CT molecular complexity index is 828. The summed E-state index contributed by atoms with van der Waals surface area (Å²) in [4.78, 5) is 17.4. The first-order valence-corrected chi connectivity index (χ1v) is 9.46. The van der Waals surface area contributed by atoms with Gasteiger partial charge >= 0.3 is 0 Å². The molecule has 0 unspecified atom stereocenters. The lowest BCUT2D eigenvalue weighted by Crippen LogP contribution is -2.15. The molecule has 1 aromatic carbocycles. The normalized spacial score (nSPS) is 10.8. The van der Waals surface area contributed by atoms with Crippen LogP contribution in [0.5, 0.6) is 0 Å². The van der Waals surface area contributed by atoms with E-state index in [9.17, 15) is 4.79 Å². The third kappa shape index (κ3) is 4.24. The van der Waals surface area contributed by atoms with Crippen LogP contribution >= 0.6 is 23.1 Å². The maximum Gasteiger partial charge on any atom is 0.236 e. The molecule has 124 valence electrons. The van der Waals surface area contributed by atoms with E-state index < -0.39 is 0 Å². The highest BCUT2D eigenvalue weighted by molar-refractivity contribution is 7.99. The van der Waals surface area contributed by atoms with Gasteiger partial charge in [0, 0.05) is 5.69 Å². The Hall–Kier alpha value is -2.12. The predicted octanol–water partition coefficient (Wildman–Crippen LogP) is 4.29. The summed E-state index contributed by atoms with van der Waals surface area (Å²) in [5.74, 6) is 1.94. The molecular formula is C17H17N3O2S2. The van der Waals surface area contributed by atoms with E-state index in [0.29, 0.717) is 23.2 Å². The maximum absolute atomic E-state index is 12.1. The topological polar surface area (TPSA) is 68.0 Å². The number of hydrogen-bond donors (Lipinski definition) is 1. The fourth-order valence-corrected chi connectivity index (χ4v) is 3.41. The lowest BCUT2D eigenvalue weighted by Gasteiger charge is -2.08.